The molecule has 0 bridgehead atoms. The van der Waals surface area contributed by atoms with Crippen LogP contribution in [0.5, 0.6) is 0 Å². The van der Waals surface area contributed by atoms with Crippen molar-refractivity contribution in [2.24, 2.45) is 0 Å². The second-order valence-corrected chi connectivity index (χ2v) is 16.1. The van der Waals surface area contributed by atoms with Gasteiger partial charge in [-0.05, 0) is 47.6 Å². The number of benzene rings is 2. The molecule has 0 saturated heterocycles. The normalized spacial score (nSPS) is 20.4. The lowest BCUT2D eigenvalue weighted by Gasteiger charge is -2.48. The van der Waals surface area contributed by atoms with E-state index in [4.69, 9.17) is 11.5 Å². The molecule has 1 aliphatic heterocycles. The maximum Gasteiger partial charge on any atom is 0.201 e. The third-order valence-electron chi connectivity index (χ3n) is 6.63. The molecule has 0 radical (unpaired) electrons. The molecule has 1 unspecified atom stereocenters. The second-order valence-electron chi connectivity index (χ2n) is 10.3. The lowest BCUT2D eigenvalue weighted by atomic mass is 9.40. The molecule has 0 saturated carbocycles. The predicted octanol–water partition coefficient (Wildman–Crippen LogP) is 6.03. The van der Waals surface area contributed by atoms with Gasteiger partial charge in [0.1, 0.15) is 22.8 Å². The molecule has 12 heteroatoms. The van der Waals surface area contributed by atoms with Gasteiger partial charge in [0.2, 0.25) is 11.6 Å². The molecule has 0 fully saturated rings. The summed E-state index contributed by atoms with van der Waals surface area (Å²) in [5.41, 5.74) is -6.49. The van der Waals surface area contributed by atoms with E-state index in [1.165, 1.54) is 0 Å². The smallest absolute Gasteiger partial charge is 0.201 e. The molecule has 0 aliphatic carbocycles. The minimum Gasteiger partial charge on any atom is -0.373 e. The molecular formula is C21H20BClF9P. The van der Waals surface area contributed by atoms with Crippen LogP contribution in [0, 0.1) is 52.4 Å². The monoisotopic (exact) mass is 520 g/mol. The van der Waals surface area contributed by atoms with Crippen molar-refractivity contribution >= 4 is 40.5 Å². The third kappa shape index (κ3) is 3.19. The van der Waals surface area contributed by atoms with E-state index in [1.807, 2.05) is 0 Å². The second kappa shape index (κ2) is 7.55. The van der Waals surface area contributed by atoms with Crippen LogP contribution in [0.2, 0.25) is 0 Å². The molecular weight excluding hydrogens is 500 g/mol. The first-order valence-electron chi connectivity index (χ1n) is 9.89. The molecule has 1 aliphatic rings. The molecule has 33 heavy (non-hydrogen) atoms. The van der Waals surface area contributed by atoms with Crippen LogP contribution in [-0.2, 0) is 0 Å². The lowest BCUT2D eigenvalue weighted by molar-refractivity contribution is 0.384. The van der Waals surface area contributed by atoms with Crippen molar-refractivity contribution in [3.63, 3.8) is 0 Å². The molecule has 0 N–H and O–H groups in total. The average molecular weight is 521 g/mol. The minimum atomic E-state index is -3.82. The van der Waals surface area contributed by atoms with Crippen LogP contribution in [0.4, 0.5) is 39.5 Å². The van der Waals surface area contributed by atoms with Gasteiger partial charge in [-0.25, -0.2) is 35.1 Å². The first-order valence-corrected chi connectivity index (χ1v) is 12.3. The van der Waals surface area contributed by atoms with Gasteiger partial charge in [-0.15, -0.1) is 10.9 Å². The summed E-state index contributed by atoms with van der Waals surface area (Å²) in [5, 5.41) is -2.72. The Bertz CT molecular complexity index is 1140. The quantitative estimate of drug-likeness (QED) is 0.142. The Morgan fingerprint density at radius 1 is 0.545 bits per heavy atom. The van der Waals surface area contributed by atoms with Crippen LogP contribution < -0.4 is 16.2 Å². The van der Waals surface area contributed by atoms with E-state index < -0.39 is 97.8 Å². The van der Waals surface area contributed by atoms with Gasteiger partial charge in [0.15, 0.2) is 28.8 Å². The van der Waals surface area contributed by atoms with Crippen LogP contribution in [0.15, 0.2) is 0 Å². The topological polar surface area (TPSA) is 0 Å². The van der Waals surface area contributed by atoms with Crippen LogP contribution in [0.25, 0.3) is 0 Å². The summed E-state index contributed by atoms with van der Waals surface area (Å²) in [6.07, 6.45) is 0. The number of halogens is 10. The highest BCUT2D eigenvalue weighted by atomic mass is 35.5. The molecule has 1 atom stereocenters. The number of rotatable bonds is 1. The number of fused-ring (bicyclic) bond motifs is 1. The molecule has 1 heterocycles. The predicted molar refractivity (Wildman–Crippen MR) is 114 cm³/mol. The van der Waals surface area contributed by atoms with E-state index in [9.17, 15) is 30.7 Å². The summed E-state index contributed by atoms with van der Waals surface area (Å²) in [6.45, 7) is 9.53. The minimum absolute atomic E-state index is 0.647. The summed E-state index contributed by atoms with van der Waals surface area (Å²) in [4.78, 5) is 0. The van der Waals surface area contributed by atoms with Gasteiger partial charge < -0.3 is 11.5 Å². The number of hydrogen-bond acceptors (Lipinski definition) is 0. The summed E-state index contributed by atoms with van der Waals surface area (Å²) in [5.74, 6) is -20.0. The molecule has 3 rings (SSSR count). The van der Waals surface area contributed by atoms with E-state index in [0.717, 1.165) is 0 Å². The van der Waals surface area contributed by atoms with Crippen LogP contribution in [-0.4, -0.2) is 21.9 Å². The maximum atomic E-state index is 15.4. The van der Waals surface area contributed by atoms with Crippen molar-refractivity contribution < 1.29 is 39.5 Å². The van der Waals surface area contributed by atoms with Gasteiger partial charge in [-0.1, -0.05) is 0 Å². The van der Waals surface area contributed by atoms with E-state index in [2.05, 4.69) is 0 Å². The maximum absolute atomic E-state index is 15.4. The molecule has 0 amide bonds. The fraction of sp³-hybridized carbons (Fsp3) is 0.429. The van der Waals surface area contributed by atoms with Crippen molar-refractivity contribution in [1.29, 1.82) is 0 Å². The van der Waals surface area contributed by atoms with Gasteiger partial charge in [-0.2, -0.15) is 4.39 Å². The van der Waals surface area contributed by atoms with Crippen LogP contribution >= 0.6 is 18.7 Å². The Morgan fingerprint density at radius 2 is 0.848 bits per heavy atom. The molecule has 0 nitrogen and oxygen atoms in total. The van der Waals surface area contributed by atoms with Gasteiger partial charge in [-0.3, -0.25) is 0 Å². The Labute approximate surface area is 190 Å². The largest absolute Gasteiger partial charge is 0.373 e. The van der Waals surface area contributed by atoms with Crippen molar-refractivity contribution in [2.75, 3.05) is 6.06 Å². The van der Waals surface area contributed by atoms with Gasteiger partial charge >= 0.3 is 0 Å². The highest BCUT2D eigenvalue weighted by Crippen LogP contribution is 2.78. The summed E-state index contributed by atoms with van der Waals surface area (Å²) >= 11 is 6.59. The highest BCUT2D eigenvalue weighted by molar-refractivity contribution is 7.91. The Morgan fingerprint density at radius 3 is 1.21 bits per heavy atom. The Kier molecular flexibility index (Phi) is 5.99. The van der Waals surface area contributed by atoms with Crippen LogP contribution in [0.3, 0.4) is 0 Å². The van der Waals surface area contributed by atoms with Crippen molar-refractivity contribution in [2.45, 2.75) is 51.9 Å². The molecule has 0 spiro atoms. The highest BCUT2D eigenvalue weighted by Gasteiger charge is 2.68. The molecule has 0 aromatic heterocycles. The van der Waals surface area contributed by atoms with Gasteiger partial charge in [0, 0.05) is 7.26 Å². The Balaban J connectivity index is 2.67. The Hall–Kier alpha value is -1.41. The first-order chi connectivity index (χ1) is 14.8. The first kappa shape index (κ1) is 26.2. The lowest BCUT2D eigenvalue weighted by Crippen LogP contribution is -2.60. The van der Waals surface area contributed by atoms with Gasteiger partial charge in [0.25, 0.3) is 0 Å². The standard InChI is InChI=1S/C21H20BClF9P/c1-20(2,3)33(21(4,5)6)7-22(23,8-10(24)13(27)16(30)14(28)11(8)25)9-12(26)15(29)17(31)18(32)19(9)33/h7H2,1-6H3. The SMILES string of the molecule is CC(C)(C)[P+]1(C(C)(C)C)C[B-](Cl)(c2c(F)c(F)c(F)c(F)c2F)c2c(F)c(F)c(F)c(F)c21. The number of hydrogen-bond donors (Lipinski definition) is 0. The molecule has 2 aromatic carbocycles. The zero-order valence-corrected chi connectivity index (χ0v) is 20.2. The fourth-order valence-corrected chi connectivity index (χ4v) is 13.5. The van der Waals surface area contributed by atoms with E-state index in [0.29, 0.717) is 0 Å². The third-order valence-corrected chi connectivity index (χ3v) is 14.3. The van der Waals surface area contributed by atoms with E-state index in [-0.39, 0.29) is 0 Å². The fourth-order valence-electron chi connectivity index (χ4n) is 5.47. The summed E-state index contributed by atoms with van der Waals surface area (Å²) < 4.78 is 131. The molecule has 182 valence electrons. The van der Waals surface area contributed by atoms with E-state index in [1.54, 1.807) is 41.5 Å². The van der Waals surface area contributed by atoms with Crippen molar-refractivity contribution in [1.82, 2.24) is 0 Å². The summed E-state index contributed by atoms with van der Waals surface area (Å²) in [6, 6.07) is -0.647. The van der Waals surface area contributed by atoms with Crippen molar-refractivity contribution in [3.8, 4) is 0 Å². The zero-order chi connectivity index (χ0) is 25.6. The zero-order valence-electron chi connectivity index (χ0n) is 18.5. The average Bonchev–Trinajstić information content (AvgIpc) is 2.99. The van der Waals surface area contributed by atoms with Crippen LogP contribution in [0.1, 0.15) is 41.5 Å². The van der Waals surface area contributed by atoms with Crippen molar-refractivity contribution in [3.05, 3.63) is 52.4 Å². The molecule has 2 aromatic rings. The van der Waals surface area contributed by atoms with E-state index >= 15 is 8.78 Å². The summed E-state index contributed by atoms with van der Waals surface area (Å²) in [7, 11) is -3.38. The van der Waals surface area contributed by atoms with Gasteiger partial charge in [0.05, 0.1) is 10.3 Å².